The van der Waals surface area contributed by atoms with E-state index in [2.05, 4.69) is 36.8 Å². The molecule has 0 spiro atoms. The molecule has 1 amide bonds. The van der Waals surface area contributed by atoms with E-state index in [1.165, 1.54) is 12.1 Å². The highest BCUT2D eigenvalue weighted by atomic mass is 79.9. The number of carbonyl (C=O) groups excluding carboxylic acids is 1. The van der Waals surface area contributed by atoms with E-state index in [1.807, 2.05) is 0 Å². The van der Waals surface area contributed by atoms with Gasteiger partial charge in [0.15, 0.2) is 5.69 Å². The van der Waals surface area contributed by atoms with Gasteiger partial charge in [-0.05, 0) is 17.7 Å². The Labute approximate surface area is 141 Å². The SMILES string of the molecule is Cl.O=C(NCc1ccc(F)cc1Br)c1n[nH]c2c1CNCC2. The monoisotopic (exact) mass is 388 g/mol. The fourth-order valence-corrected chi connectivity index (χ4v) is 2.83. The average Bonchev–Trinajstić information content (AvgIpc) is 2.90. The molecule has 0 saturated heterocycles. The Kier molecular flexibility index (Phi) is 5.55. The molecular formula is C14H15BrClFN4O. The third-order valence-electron chi connectivity index (χ3n) is 3.48. The van der Waals surface area contributed by atoms with Crippen LogP contribution in [0.3, 0.4) is 0 Å². The number of nitrogens with zero attached hydrogens (tertiary/aromatic N) is 1. The summed E-state index contributed by atoms with van der Waals surface area (Å²) in [7, 11) is 0. The van der Waals surface area contributed by atoms with Crippen LogP contribution >= 0.6 is 28.3 Å². The molecule has 5 nitrogen and oxygen atoms in total. The fraction of sp³-hybridized carbons (Fsp3) is 0.286. The predicted molar refractivity (Wildman–Crippen MR) is 86.5 cm³/mol. The lowest BCUT2D eigenvalue weighted by molar-refractivity contribution is 0.0944. The lowest BCUT2D eigenvalue weighted by atomic mass is 10.1. The number of hydrogen-bond donors (Lipinski definition) is 3. The molecule has 22 heavy (non-hydrogen) atoms. The lowest BCUT2D eigenvalue weighted by Crippen LogP contribution is -2.28. The van der Waals surface area contributed by atoms with Gasteiger partial charge in [0, 0.05) is 41.8 Å². The van der Waals surface area contributed by atoms with Gasteiger partial charge in [-0.2, -0.15) is 5.10 Å². The van der Waals surface area contributed by atoms with Gasteiger partial charge in [0.25, 0.3) is 5.91 Å². The summed E-state index contributed by atoms with van der Waals surface area (Å²) in [6.07, 6.45) is 0.846. The minimum atomic E-state index is -0.315. The molecule has 1 aliphatic rings. The summed E-state index contributed by atoms with van der Waals surface area (Å²) < 4.78 is 13.7. The molecule has 0 saturated carbocycles. The summed E-state index contributed by atoms with van der Waals surface area (Å²) in [4.78, 5) is 12.2. The molecule has 0 unspecified atom stereocenters. The first-order valence-corrected chi connectivity index (χ1v) is 7.43. The third kappa shape index (κ3) is 3.48. The number of amides is 1. The molecule has 0 aliphatic carbocycles. The first-order valence-electron chi connectivity index (χ1n) is 6.64. The van der Waals surface area contributed by atoms with Gasteiger partial charge in [-0.1, -0.05) is 22.0 Å². The van der Waals surface area contributed by atoms with Gasteiger partial charge in [0.1, 0.15) is 5.82 Å². The van der Waals surface area contributed by atoms with Gasteiger partial charge in [0.2, 0.25) is 0 Å². The number of fused-ring (bicyclic) bond motifs is 1. The maximum absolute atomic E-state index is 13.0. The third-order valence-corrected chi connectivity index (χ3v) is 4.21. The molecule has 3 N–H and O–H groups in total. The van der Waals surface area contributed by atoms with Gasteiger partial charge in [-0.25, -0.2) is 4.39 Å². The molecule has 3 rings (SSSR count). The van der Waals surface area contributed by atoms with Crippen LogP contribution < -0.4 is 10.6 Å². The Hall–Kier alpha value is -1.44. The van der Waals surface area contributed by atoms with Crippen molar-refractivity contribution in [3.05, 3.63) is 51.0 Å². The van der Waals surface area contributed by atoms with Crippen LogP contribution in [0, 0.1) is 5.82 Å². The number of carbonyl (C=O) groups is 1. The van der Waals surface area contributed by atoms with Crippen molar-refractivity contribution in [3.63, 3.8) is 0 Å². The summed E-state index contributed by atoms with van der Waals surface area (Å²) in [5.74, 6) is -0.545. The minimum absolute atomic E-state index is 0. The Morgan fingerprint density at radius 3 is 3.05 bits per heavy atom. The minimum Gasteiger partial charge on any atom is -0.347 e. The predicted octanol–water partition coefficient (Wildman–Crippen LogP) is 2.31. The average molecular weight is 390 g/mol. The molecule has 0 radical (unpaired) electrons. The number of hydrogen-bond acceptors (Lipinski definition) is 3. The van der Waals surface area contributed by atoms with Crippen LogP contribution in [0.5, 0.6) is 0 Å². The van der Waals surface area contributed by atoms with E-state index in [0.29, 0.717) is 23.3 Å². The standard InChI is InChI=1S/C14H14BrFN4O.ClH/c15-11-5-9(16)2-1-8(11)6-18-14(21)13-10-7-17-4-3-12(10)19-20-13;/h1-2,5,17H,3-4,6-7H2,(H,18,21)(H,19,20);1H. The highest BCUT2D eigenvalue weighted by Gasteiger charge is 2.21. The first-order chi connectivity index (χ1) is 10.1. The van der Waals surface area contributed by atoms with Crippen molar-refractivity contribution in [2.45, 2.75) is 19.5 Å². The molecule has 2 aromatic rings. The van der Waals surface area contributed by atoms with Crippen molar-refractivity contribution in [3.8, 4) is 0 Å². The van der Waals surface area contributed by atoms with Crippen molar-refractivity contribution < 1.29 is 9.18 Å². The van der Waals surface area contributed by atoms with Gasteiger partial charge < -0.3 is 10.6 Å². The largest absolute Gasteiger partial charge is 0.347 e. The molecule has 1 aromatic carbocycles. The number of halogens is 3. The molecule has 2 heterocycles. The van der Waals surface area contributed by atoms with E-state index in [1.54, 1.807) is 6.07 Å². The summed E-state index contributed by atoms with van der Waals surface area (Å²) >= 11 is 3.28. The van der Waals surface area contributed by atoms with Crippen molar-refractivity contribution in [2.24, 2.45) is 0 Å². The second kappa shape index (κ2) is 7.21. The molecule has 0 atom stereocenters. The van der Waals surface area contributed by atoms with Crippen LogP contribution in [0.2, 0.25) is 0 Å². The first kappa shape index (κ1) is 16.9. The van der Waals surface area contributed by atoms with Gasteiger partial charge >= 0.3 is 0 Å². The van der Waals surface area contributed by atoms with Crippen molar-refractivity contribution >= 4 is 34.2 Å². The van der Waals surface area contributed by atoms with E-state index in [0.717, 1.165) is 29.8 Å². The van der Waals surface area contributed by atoms with E-state index in [9.17, 15) is 9.18 Å². The Morgan fingerprint density at radius 2 is 2.27 bits per heavy atom. The van der Waals surface area contributed by atoms with E-state index < -0.39 is 0 Å². The zero-order valence-corrected chi connectivity index (χ0v) is 14.0. The number of H-pyrrole nitrogens is 1. The fourth-order valence-electron chi connectivity index (χ4n) is 2.34. The summed E-state index contributed by atoms with van der Waals surface area (Å²) in [6.45, 7) is 1.85. The second-order valence-electron chi connectivity index (χ2n) is 4.87. The summed E-state index contributed by atoms with van der Waals surface area (Å²) in [5.41, 5.74) is 3.18. The van der Waals surface area contributed by atoms with Crippen molar-refractivity contribution in [1.29, 1.82) is 0 Å². The molecular weight excluding hydrogens is 375 g/mol. The topological polar surface area (TPSA) is 69.8 Å². The maximum Gasteiger partial charge on any atom is 0.272 e. The van der Waals surface area contributed by atoms with E-state index in [-0.39, 0.29) is 24.1 Å². The zero-order chi connectivity index (χ0) is 14.8. The van der Waals surface area contributed by atoms with Gasteiger partial charge in [-0.15, -0.1) is 12.4 Å². The molecule has 1 aliphatic heterocycles. The number of benzene rings is 1. The Bertz CT molecular complexity index is 691. The highest BCUT2D eigenvalue weighted by molar-refractivity contribution is 9.10. The lowest BCUT2D eigenvalue weighted by Gasteiger charge is -2.13. The summed E-state index contributed by atoms with van der Waals surface area (Å²) in [6, 6.07) is 4.38. The van der Waals surface area contributed by atoms with Crippen LogP contribution in [-0.2, 0) is 19.5 Å². The number of nitrogens with one attached hydrogen (secondary N) is 3. The maximum atomic E-state index is 13.0. The number of rotatable bonds is 3. The number of aromatic nitrogens is 2. The van der Waals surface area contributed by atoms with Crippen LogP contribution in [0.25, 0.3) is 0 Å². The molecule has 118 valence electrons. The highest BCUT2D eigenvalue weighted by Crippen LogP contribution is 2.19. The normalized spacial score (nSPS) is 13.2. The van der Waals surface area contributed by atoms with Gasteiger partial charge in [-0.3, -0.25) is 9.89 Å². The quantitative estimate of drug-likeness (QED) is 0.754. The van der Waals surface area contributed by atoms with E-state index in [4.69, 9.17) is 0 Å². The van der Waals surface area contributed by atoms with Crippen LogP contribution in [-0.4, -0.2) is 22.6 Å². The van der Waals surface area contributed by atoms with Crippen molar-refractivity contribution in [1.82, 2.24) is 20.8 Å². The zero-order valence-electron chi connectivity index (χ0n) is 11.6. The van der Waals surface area contributed by atoms with Gasteiger partial charge in [0.05, 0.1) is 0 Å². The second-order valence-corrected chi connectivity index (χ2v) is 5.73. The Morgan fingerprint density at radius 1 is 1.45 bits per heavy atom. The van der Waals surface area contributed by atoms with Crippen LogP contribution in [0.4, 0.5) is 4.39 Å². The molecule has 0 fully saturated rings. The molecule has 8 heteroatoms. The van der Waals surface area contributed by atoms with E-state index >= 15 is 0 Å². The van der Waals surface area contributed by atoms with Crippen LogP contribution in [0.1, 0.15) is 27.3 Å². The Balaban J connectivity index is 0.00000176. The summed E-state index contributed by atoms with van der Waals surface area (Å²) in [5, 5.41) is 13.0. The number of aromatic amines is 1. The molecule has 1 aromatic heterocycles. The van der Waals surface area contributed by atoms with Crippen LogP contribution in [0.15, 0.2) is 22.7 Å². The smallest absolute Gasteiger partial charge is 0.272 e. The molecule has 0 bridgehead atoms. The van der Waals surface area contributed by atoms with Crippen molar-refractivity contribution in [2.75, 3.05) is 6.54 Å².